The highest BCUT2D eigenvalue weighted by molar-refractivity contribution is 7.99. The quantitative estimate of drug-likeness (QED) is 0.556. The van der Waals surface area contributed by atoms with Gasteiger partial charge in [-0.2, -0.15) is 0 Å². The van der Waals surface area contributed by atoms with Crippen LogP contribution in [-0.4, -0.2) is 0 Å². The fourth-order valence-electron chi connectivity index (χ4n) is 1.66. The second kappa shape index (κ2) is 8.60. The van der Waals surface area contributed by atoms with Crippen molar-refractivity contribution in [3.8, 4) is 0 Å². The Morgan fingerprint density at radius 2 is 1.05 bits per heavy atom. The molecule has 0 N–H and O–H groups in total. The molecule has 0 heterocycles. The Balaban J connectivity index is 0.000000173. The molecule has 0 unspecified atom stereocenters. The summed E-state index contributed by atoms with van der Waals surface area (Å²) in [7, 11) is 0. The molecular formula is C19H18S2. The molecular weight excluding hydrogens is 292 g/mol. The summed E-state index contributed by atoms with van der Waals surface area (Å²) in [6.07, 6.45) is 0. The van der Waals surface area contributed by atoms with Crippen molar-refractivity contribution >= 4 is 24.4 Å². The molecule has 0 atom stereocenters. The van der Waals surface area contributed by atoms with E-state index in [1.807, 2.05) is 36.4 Å². The van der Waals surface area contributed by atoms with Gasteiger partial charge in [0, 0.05) is 14.7 Å². The molecule has 0 bridgehead atoms. The van der Waals surface area contributed by atoms with Gasteiger partial charge in [0.1, 0.15) is 0 Å². The highest BCUT2D eigenvalue weighted by Gasteiger charge is 1.93. The van der Waals surface area contributed by atoms with Crippen LogP contribution < -0.4 is 0 Å². The van der Waals surface area contributed by atoms with Gasteiger partial charge in [0.25, 0.3) is 0 Å². The third-order valence-electron chi connectivity index (χ3n) is 2.76. The summed E-state index contributed by atoms with van der Waals surface area (Å²) in [6.45, 7) is 2.06. The average molecular weight is 310 g/mol. The highest BCUT2D eigenvalue weighted by Crippen LogP contribution is 2.26. The summed E-state index contributed by atoms with van der Waals surface area (Å²) in [5.41, 5.74) is 1.28. The predicted molar refractivity (Wildman–Crippen MR) is 95.4 cm³/mol. The first kappa shape index (κ1) is 15.7. The average Bonchev–Trinajstić information content (AvgIpc) is 2.53. The molecule has 0 aromatic heterocycles. The zero-order valence-corrected chi connectivity index (χ0v) is 13.6. The van der Waals surface area contributed by atoms with E-state index in [9.17, 15) is 0 Å². The van der Waals surface area contributed by atoms with Crippen LogP contribution >= 0.6 is 24.4 Å². The molecule has 0 saturated carbocycles. The zero-order valence-electron chi connectivity index (χ0n) is 11.9. The Hall–Kier alpha value is -1.64. The van der Waals surface area contributed by atoms with Crippen molar-refractivity contribution in [3.05, 3.63) is 90.5 Å². The Morgan fingerprint density at radius 3 is 1.43 bits per heavy atom. The summed E-state index contributed by atoms with van der Waals surface area (Å²) in [5.74, 6) is 0. The fraction of sp³-hybridized carbons (Fsp3) is 0.0526. The second-order valence-corrected chi connectivity index (χ2v) is 6.23. The van der Waals surface area contributed by atoms with Gasteiger partial charge in [-0.05, 0) is 43.3 Å². The molecule has 0 amide bonds. The van der Waals surface area contributed by atoms with Crippen molar-refractivity contribution < 1.29 is 0 Å². The van der Waals surface area contributed by atoms with Crippen molar-refractivity contribution in [1.82, 2.24) is 0 Å². The Kier molecular flexibility index (Phi) is 6.45. The molecule has 0 aliphatic rings. The van der Waals surface area contributed by atoms with Crippen molar-refractivity contribution in [3.63, 3.8) is 0 Å². The van der Waals surface area contributed by atoms with Crippen LogP contribution in [0.5, 0.6) is 0 Å². The van der Waals surface area contributed by atoms with Crippen molar-refractivity contribution in [2.45, 2.75) is 21.6 Å². The SMILES string of the molecule is Cc1ccc(S)cc1.c1ccc(Sc2ccccc2)cc1. The van der Waals surface area contributed by atoms with E-state index >= 15 is 0 Å². The third-order valence-corrected chi connectivity index (χ3v) is 4.07. The summed E-state index contributed by atoms with van der Waals surface area (Å²) >= 11 is 5.92. The topological polar surface area (TPSA) is 0 Å². The van der Waals surface area contributed by atoms with Crippen LogP contribution in [0.25, 0.3) is 0 Å². The van der Waals surface area contributed by atoms with E-state index in [-0.39, 0.29) is 0 Å². The van der Waals surface area contributed by atoms with Crippen LogP contribution in [0.3, 0.4) is 0 Å². The number of hydrogen-bond acceptors (Lipinski definition) is 2. The lowest BCUT2D eigenvalue weighted by molar-refractivity contribution is 1.39. The lowest BCUT2D eigenvalue weighted by atomic mass is 10.2. The molecule has 106 valence electrons. The predicted octanol–water partition coefficient (Wildman–Crippen LogP) is 6.12. The first-order valence-corrected chi connectivity index (χ1v) is 8.04. The van der Waals surface area contributed by atoms with E-state index in [1.54, 1.807) is 11.8 Å². The maximum Gasteiger partial charge on any atom is 0.0122 e. The minimum atomic E-state index is 1.02. The Bertz CT molecular complexity index is 573. The summed E-state index contributed by atoms with van der Waals surface area (Å²) < 4.78 is 0. The largest absolute Gasteiger partial charge is 0.143 e. The van der Waals surface area contributed by atoms with Gasteiger partial charge >= 0.3 is 0 Å². The second-order valence-electron chi connectivity index (χ2n) is 4.56. The smallest absolute Gasteiger partial charge is 0.0122 e. The first-order chi connectivity index (χ1) is 10.2. The number of aryl methyl sites for hydroxylation is 1. The molecule has 0 aliphatic carbocycles. The van der Waals surface area contributed by atoms with Crippen molar-refractivity contribution in [2.75, 3.05) is 0 Å². The molecule has 3 aromatic rings. The maximum atomic E-state index is 4.13. The number of rotatable bonds is 2. The van der Waals surface area contributed by atoms with Crippen LogP contribution in [0.1, 0.15) is 5.56 Å². The van der Waals surface area contributed by atoms with E-state index < -0.39 is 0 Å². The lowest BCUT2D eigenvalue weighted by Crippen LogP contribution is -1.70. The van der Waals surface area contributed by atoms with Gasteiger partial charge in [-0.3, -0.25) is 0 Å². The zero-order chi connectivity index (χ0) is 14.9. The maximum absolute atomic E-state index is 4.13. The minimum absolute atomic E-state index is 1.02. The van der Waals surface area contributed by atoms with Gasteiger partial charge in [-0.1, -0.05) is 65.9 Å². The van der Waals surface area contributed by atoms with E-state index in [4.69, 9.17) is 0 Å². The summed E-state index contributed by atoms with van der Waals surface area (Å²) in [5, 5.41) is 0. The van der Waals surface area contributed by atoms with E-state index in [2.05, 4.69) is 68.1 Å². The van der Waals surface area contributed by atoms with Gasteiger partial charge in [0.2, 0.25) is 0 Å². The number of benzene rings is 3. The monoisotopic (exact) mass is 310 g/mol. The standard InChI is InChI=1S/C12H10S.C7H8S/c1-3-7-11(8-4-1)13-12-9-5-2-6-10-12;1-6-2-4-7(8)5-3-6/h1-10H;2-5,8H,1H3. The third kappa shape index (κ3) is 6.11. The molecule has 0 fully saturated rings. The molecule has 0 spiro atoms. The number of hydrogen-bond donors (Lipinski definition) is 1. The molecule has 0 radical (unpaired) electrons. The summed E-state index contributed by atoms with van der Waals surface area (Å²) in [4.78, 5) is 3.60. The molecule has 21 heavy (non-hydrogen) atoms. The van der Waals surface area contributed by atoms with Gasteiger partial charge in [0.05, 0.1) is 0 Å². The van der Waals surface area contributed by atoms with Crippen LogP contribution in [0.15, 0.2) is 99.6 Å². The molecule has 0 nitrogen and oxygen atoms in total. The van der Waals surface area contributed by atoms with Crippen LogP contribution in [0.4, 0.5) is 0 Å². The highest BCUT2D eigenvalue weighted by atomic mass is 32.2. The minimum Gasteiger partial charge on any atom is -0.143 e. The van der Waals surface area contributed by atoms with Gasteiger partial charge in [-0.15, -0.1) is 12.6 Å². The van der Waals surface area contributed by atoms with Crippen molar-refractivity contribution in [2.24, 2.45) is 0 Å². The van der Waals surface area contributed by atoms with Crippen LogP contribution in [-0.2, 0) is 0 Å². The fourth-order valence-corrected chi connectivity index (χ4v) is 2.67. The summed E-state index contributed by atoms with van der Waals surface area (Å²) in [6, 6.07) is 28.9. The normalized spacial score (nSPS) is 9.62. The van der Waals surface area contributed by atoms with Crippen molar-refractivity contribution in [1.29, 1.82) is 0 Å². The molecule has 2 heteroatoms. The van der Waals surface area contributed by atoms with Gasteiger partial charge in [-0.25, -0.2) is 0 Å². The molecule has 0 aliphatic heterocycles. The van der Waals surface area contributed by atoms with Crippen LogP contribution in [0.2, 0.25) is 0 Å². The number of thiol groups is 1. The molecule has 3 aromatic carbocycles. The Morgan fingerprint density at radius 1 is 0.619 bits per heavy atom. The molecule has 3 rings (SSSR count). The van der Waals surface area contributed by atoms with Gasteiger partial charge < -0.3 is 0 Å². The van der Waals surface area contributed by atoms with Crippen LogP contribution in [0, 0.1) is 6.92 Å². The first-order valence-electron chi connectivity index (χ1n) is 6.77. The lowest BCUT2D eigenvalue weighted by Gasteiger charge is -1.99. The molecule has 0 saturated heterocycles. The van der Waals surface area contributed by atoms with Gasteiger partial charge in [0.15, 0.2) is 0 Å². The Labute approximate surface area is 136 Å². The van der Waals surface area contributed by atoms with E-state index in [0.29, 0.717) is 0 Å². The van der Waals surface area contributed by atoms with E-state index in [1.165, 1.54) is 15.4 Å². The van der Waals surface area contributed by atoms with E-state index in [0.717, 1.165) is 4.90 Å².